The van der Waals surface area contributed by atoms with Crippen LogP contribution in [-0.2, 0) is 4.79 Å². The Hall–Kier alpha value is -2.62. The zero-order chi connectivity index (χ0) is 18.6. The van der Waals surface area contributed by atoms with E-state index < -0.39 is 0 Å². The lowest BCUT2D eigenvalue weighted by atomic mass is 10.2. The SMILES string of the molecule is CC(C)CNC(=O)C=CC=CCCCCOc1ccc2ccccc2n1. The number of nitrogens with one attached hydrogen (secondary N) is 1. The number of allylic oxidation sites excluding steroid dienone is 3. The molecule has 0 fully saturated rings. The molecule has 4 heteroatoms. The largest absolute Gasteiger partial charge is 0.478 e. The van der Waals surface area contributed by atoms with Crippen molar-refractivity contribution in [3.63, 3.8) is 0 Å². The van der Waals surface area contributed by atoms with E-state index in [-0.39, 0.29) is 5.91 Å². The maximum atomic E-state index is 11.5. The predicted molar refractivity (Wildman–Crippen MR) is 107 cm³/mol. The summed E-state index contributed by atoms with van der Waals surface area (Å²) in [4.78, 5) is 16.0. The third-order valence-electron chi connectivity index (χ3n) is 3.77. The van der Waals surface area contributed by atoms with Crippen LogP contribution in [0, 0.1) is 5.92 Å². The summed E-state index contributed by atoms with van der Waals surface area (Å²) in [5.74, 6) is 1.10. The molecule has 0 unspecified atom stereocenters. The minimum atomic E-state index is -0.0420. The Balaban J connectivity index is 1.58. The van der Waals surface area contributed by atoms with Gasteiger partial charge >= 0.3 is 0 Å². The summed E-state index contributed by atoms with van der Waals surface area (Å²) in [7, 11) is 0. The van der Waals surface area contributed by atoms with Gasteiger partial charge in [-0.25, -0.2) is 4.98 Å². The summed E-state index contributed by atoms with van der Waals surface area (Å²) in [5, 5.41) is 3.97. The van der Waals surface area contributed by atoms with Gasteiger partial charge in [-0.2, -0.15) is 0 Å². The molecule has 4 nitrogen and oxygen atoms in total. The van der Waals surface area contributed by atoms with Crippen LogP contribution in [0.25, 0.3) is 10.9 Å². The Bertz CT molecular complexity index is 751. The quantitative estimate of drug-likeness (QED) is 0.384. The Labute approximate surface area is 156 Å². The highest BCUT2D eigenvalue weighted by Gasteiger charge is 1.98. The third-order valence-corrected chi connectivity index (χ3v) is 3.77. The fraction of sp³-hybridized carbons (Fsp3) is 0.364. The molecule has 0 bridgehead atoms. The van der Waals surface area contributed by atoms with E-state index >= 15 is 0 Å². The van der Waals surface area contributed by atoms with Crippen molar-refractivity contribution in [2.75, 3.05) is 13.2 Å². The second-order valence-corrected chi connectivity index (χ2v) is 6.61. The number of fused-ring (bicyclic) bond motifs is 1. The van der Waals surface area contributed by atoms with E-state index in [1.54, 1.807) is 12.2 Å². The fourth-order valence-electron chi connectivity index (χ4n) is 2.35. The average molecular weight is 352 g/mol. The molecule has 0 spiro atoms. The van der Waals surface area contributed by atoms with Gasteiger partial charge < -0.3 is 10.1 Å². The summed E-state index contributed by atoms with van der Waals surface area (Å²) in [6, 6.07) is 12.0. The first-order chi connectivity index (χ1) is 12.6. The molecular formula is C22H28N2O2. The Morgan fingerprint density at radius 1 is 1.15 bits per heavy atom. The van der Waals surface area contributed by atoms with Crippen molar-refractivity contribution in [2.24, 2.45) is 5.92 Å². The maximum Gasteiger partial charge on any atom is 0.243 e. The fourth-order valence-corrected chi connectivity index (χ4v) is 2.35. The number of nitrogens with zero attached hydrogens (tertiary/aromatic N) is 1. The van der Waals surface area contributed by atoms with Gasteiger partial charge in [0.15, 0.2) is 0 Å². The van der Waals surface area contributed by atoms with E-state index in [1.807, 2.05) is 42.5 Å². The van der Waals surface area contributed by atoms with Crippen LogP contribution in [0.4, 0.5) is 0 Å². The number of para-hydroxylation sites is 1. The zero-order valence-electron chi connectivity index (χ0n) is 15.7. The number of hydrogen-bond donors (Lipinski definition) is 1. The number of carbonyl (C=O) groups excluding carboxylic acids is 1. The van der Waals surface area contributed by atoms with Crippen molar-refractivity contribution < 1.29 is 9.53 Å². The first-order valence-corrected chi connectivity index (χ1v) is 9.25. The summed E-state index contributed by atoms with van der Waals surface area (Å²) in [5.41, 5.74) is 0.956. The molecular weight excluding hydrogens is 324 g/mol. The van der Waals surface area contributed by atoms with Gasteiger partial charge in [0, 0.05) is 24.1 Å². The number of pyridine rings is 1. The Morgan fingerprint density at radius 2 is 2.00 bits per heavy atom. The molecule has 0 radical (unpaired) electrons. The van der Waals surface area contributed by atoms with E-state index in [4.69, 9.17) is 4.74 Å². The van der Waals surface area contributed by atoms with Crippen molar-refractivity contribution in [3.05, 3.63) is 60.7 Å². The molecule has 26 heavy (non-hydrogen) atoms. The lowest BCUT2D eigenvalue weighted by Gasteiger charge is -2.05. The lowest BCUT2D eigenvalue weighted by molar-refractivity contribution is -0.116. The molecule has 0 atom stereocenters. The van der Waals surface area contributed by atoms with Crippen molar-refractivity contribution in [2.45, 2.75) is 33.1 Å². The number of benzene rings is 1. The molecule has 0 aliphatic heterocycles. The molecule has 1 aromatic carbocycles. The van der Waals surface area contributed by atoms with Crippen LogP contribution in [0.15, 0.2) is 60.7 Å². The first-order valence-electron chi connectivity index (χ1n) is 9.25. The molecule has 1 amide bonds. The van der Waals surface area contributed by atoms with Crippen molar-refractivity contribution in [3.8, 4) is 5.88 Å². The maximum absolute atomic E-state index is 11.5. The van der Waals surface area contributed by atoms with Crippen molar-refractivity contribution in [1.29, 1.82) is 0 Å². The average Bonchev–Trinajstić information content (AvgIpc) is 2.65. The minimum absolute atomic E-state index is 0.0420. The van der Waals surface area contributed by atoms with Crippen LogP contribution in [0.2, 0.25) is 0 Å². The normalized spacial score (nSPS) is 11.7. The molecule has 0 saturated carbocycles. The number of unbranched alkanes of at least 4 members (excludes halogenated alkanes) is 2. The van der Waals surface area contributed by atoms with Gasteiger partial charge in [-0.05, 0) is 37.3 Å². The van der Waals surface area contributed by atoms with Crippen LogP contribution in [0.5, 0.6) is 5.88 Å². The highest BCUT2D eigenvalue weighted by Crippen LogP contribution is 2.16. The summed E-state index contributed by atoms with van der Waals surface area (Å²) in [6.07, 6.45) is 10.3. The van der Waals surface area contributed by atoms with Crippen LogP contribution in [-0.4, -0.2) is 24.0 Å². The topological polar surface area (TPSA) is 51.2 Å². The smallest absolute Gasteiger partial charge is 0.243 e. The molecule has 2 aromatic rings. The molecule has 1 N–H and O–H groups in total. The molecule has 1 heterocycles. The van der Waals surface area contributed by atoms with Gasteiger partial charge in [-0.1, -0.05) is 50.3 Å². The van der Waals surface area contributed by atoms with Crippen LogP contribution in [0.1, 0.15) is 33.1 Å². The second-order valence-electron chi connectivity index (χ2n) is 6.61. The van der Waals surface area contributed by atoms with Crippen molar-refractivity contribution in [1.82, 2.24) is 10.3 Å². The molecule has 0 saturated heterocycles. The number of aromatic nitrogens is 1. The van der Waals surface area contributed by atoms with Gasteiger partial charge in [0.2, 0.25) is 11.8 Å². The minimum Gasteiger partial charge on any atom is -0.478 e. The Morgan fingerprint density at radius 3 is 2.85 bits per heavy atom. The summed E-state index contributed by atoms with van der Waals surface area (Å²) < 4.78 is 5.72. The van der Waals surface area contributed by atoms with Gasteiger partial charge in [0.1, 0.15) is 0 Å². The molecule has 0 aliphatic rings. The van der Waals surface area contributed by atoms with E-state index in [0.29, 0.717) is 24.9 Å². The number of amides is 1. The summed E-state index contributed by atoms with van der Waals surface area (Å²) in [6.45, 7) is 5.51. The van der Waals surface area contributed by atoms with Gasteiger partial charge in [0.05, 0.1) is 12.1 Å². The van der Waals surface area contributed by atoms with Crippen molar-refractivity contribution >= 4 is 16.8 Å². The first kappa shape index (κ1) is 19.7. The summed E-state index contributed by atoms with van der Waals surface area (Å²) >= 11 is 0. The highest BCUT2D eigenvalue weighted by atomic mass is 16.5. The second kappa shape index (κ2) is 11.1. The highest BCUT2D eigenvalue weighted by molar-refractivity contribution is 5.87. The van der Waals surface area contributed by atoms with Crippen LogP contribution >= 0.6 is 0 Å². The molecule has 1 aromatic heterocycles. The number of carbonyl (C=O) groups is 1. The van der Waals surface area contributed by atoms with Gasteiger partial charge in [0.25, 0.3) is 0 Å². The van der Waals surface area contributed by atoms with E-state index in [2.05, 4.69) is 30.2 Å². The van der Waals surface area contributed by atoms with E-state index in [1.165, 1.54) is 0 Å². The third kappa shape index (κ3) is 7.51. The molecule has 2 rings (SSSR count). The van der Waals surface area contributed by atoms with Crippen LogP contribution < -0.4 is 10.1 Å². The van der Waals surface area contributed by atoms with E-state index in [9.17, 15) is 4.79 Å². The predicted octanol–water partition coefficient (Wildman–Crippen LogP) is 4.67. The number of rotatable bonds is 10. The van der Waals surface area contributed by atoms with E-state index in [0.717, 1.165) is 30.2 Å². The Kier molecular flexibility index (Phi) is 8.40. The van der Waals surface area contributed by atoms with Crippen LogP contribution in [0.3, 0.4) is 0 Å². The van der Waals surface area contributed by atoms with Gasteiger partial charge in [-0.3, -0.25) is 4.79 Å². The lowest BCUT2D eigenvalue weighted by Crippen LogP contribution is -2.25. The zero-order valence-corrected chi connectivity index (χ0v) is 15.7. The number of hydrogen-bond acceptors (Lipinski definition) is 3. The number of ether oxygens (including phenoxy) is 1. The van der Waals surface area contributed by atoms with Gasteiger partial charge in [-0.15, -0.1) is 0 Å². The monoisotopic (exact) mass is 352 g/mol. The molecule has 0 aliphatic carbocycles. The molecule has 138 valence electrons. The standard InChI is InChI=1S/C22H28N2O2/c1-18(2)17-23-21(25)13-7-5-3-4-6-10-16-26-22-15-14-19-11-8-9-12-20(19)24-22/h3,5,7-9,11-15,18H,4,6,10,16-17H2,1-2H3,(H,23,25).